The van der Waals surface area contributed by atoms with Crippen molar-refractivity contribution in [2.75, 3.05) is 50.1 Å². The van der Waals surface area contributed by atoms with Gasteiger partial charge >= 0.3 is 0 Å². The zero-order valence-corrected chi connectivity index (χ0v) is 18.3. The largest absolute Gasteiger partial charge is 0.378 e. The maximum absolute atomic E-state index is 13.4. The van der Waals surface area contributed by atoms with E-state index in [9.17, 15) is 9.18 Å². The molecule has 0 radical (unpaired) electrons. The molecule has 0 spiro atoms. The van der Waals surface area contributed by atoms with Crippen molar-refractivity contribution >= 4 is 23.4 Å². The third-order valence-corrected chi connectivity index (χ3v) is 4.89. The average Bonchev–Trinajstić information content (AvgIpc) is 2.81. The van der Waals surface area contributed by atoms with Crippen molar-refractivity contribution in [2.45, 2.75) is 25.8 Å². The number of anilines is 3. The Balaban J connectivity index is 1.67. The predicted octanol–water partition coefficient (Wildman–Crippen LogP) is 1.45. The lowest BCUT2D eigenvalue weighted by atomic mass is 10.2. The number of amides is 1. The Morgan fingerprint density at radius 1 is 1.34 bits per heavy atom. The van der Waals surface area contributed by atoms with Crippen molar-refractivity contribution in [3.63, 3.8) is 0 Å². The molecule has 32 heavy (non-hydrogen) atoms. The van der Waals surface area contributed by atoms with Gasteiger partial charge in [-0.15, -0.1) is 0 Å². The van der Waals surface area contributed by atoms with Gasteiger partial charge in [-0.05, 0) is 26.5 Å². The van der Waals surface area contributed by atoms with Crippen molar-refractivity contribution in [2.24, 2.45) is 0 Å². The monoisotopic (exact) mass is 441 g/mol. The lowest BCUT2D eigenvalue weighted by molar-refractivity contribution is -0.122. The van der Waals surface area contributed by atoms with Crippen LogP contribution in [0.3, 0.4) is 0 Å². The molecule has 2 aromatic rings. The van der Waals surface area contributed by atoms with Gasteiger partial charge in [0.15, 0.2) is 0 Å². The standard InChI is InChI=1S/C22H28FN7O2/c1-16(24-2)21(31)26-8-5-3-4-6-17-15-27-22(28-18-7-9-25-19(23)14-18)29-20(17)30-10-12-32-13-11-30/h7,9,14-16,24H,3,5,8,10-13H2,1-2H3,(H,26,31)(H,25,27,28,29)/t16-/m0/s1. The summed E-state index contributed by atoms with van der Waals surface area (Å²) in [6.45, 7) is 5.00. The Morgan fingerprint density at radius 2 is 2.16 bits per heavy atom. The van der Waals surface area contributed by atoms with E-state index >= 15 is 0 Å². The minimum Gasteiger partial charge on any atom is -0.378 e. The number of unbranched alkanes of at least 4 members (excludes halogenated alkanes) is 1. The molecule has 1 aliphatic heterocycles. The molecular formula is C22H28FN7O2. The summed E-state index contributed by atoms with van der Waals surface area (Å²) >= 11 is 0. The number of hydrogen-bond acceptors (Lipinski definition) is 8. The molecule has 0 saturated carbocycles. The lowest BCUT2D eigenvalue weighted by Gasteiger charge is -2.28. The second-order valence-corrected chi connectivity index (χ2v) is 7.23. The number of nitrogens with zero attached hydrogens (tertiary/aromatic N) is 4. The molecule has 3 N–H and O–H groups in total. The number of carbonyl (C=O) groups excluding carboxylic acids is 1. The molecule has 1 saturated heterocycles. The molecule has 0 bridgehead atoms. The molecule has 3 heterocycles. The van der Waals surface area contributed by atoms with Crippen LogP contribution in [0.1, 0.15) is 25.3 Å². The van der Waals surface area contributed by atoms with Crippen LogP contribution in [0, 0.1) is 17.8 Å². The van der Waals surface area contributed by atoms with Crippen LogP contribution >= 0.6 is 0 Å². The van der Waals surface area contributed by atoms with E-state index in [1.165, 1.54) is 12.3 Å². The topological polar surface area (TPSA) is 104 Å². The summed E-state index contributed by atoms with van der Waals surface area (Å²) in [6.07, 6.45) is 4.42. The fourth-order valence-electron chi connectivity index (χ4n) is 2.98. The third-order valence-electron chi connectivity index (χ3n) is 4.89. The van der Waals surface area contributed by atoms with E-state index in [2.05, 4.69) is 47.6 Å². The molecule has 1 amide bonds. The second-order valence-electron chi connectivity index (χ2n) is 7.23. The Hall–Kier alpha value is -3.29. The Bertz CT molecular complexity index is 970. The highest BCUT2D eigenvalue weighted by atomic mass is 19.1. The third kappa shape index (κ3) is 6.87. The Labute approximate surface area is 187 Å². The fourth-order valence-corrected chi connectivity index (χ4v) is 2.98. The van der Waals surface area contributed by atoms with Crippen LogP contribution in [0.2, 0.25) is 0 Å². The minimum atomic E-state index is -0.581. The highest BCUT2D eigenvalue weighted by Gasteiger charge is 2.17. The van der Waals surface area contributed by atoms with Crippen LogP contribution in [-0.2, 0) is 9.53 Å². The quantitative estimate of drug-likeness (QED) is 0.321. The normalized spacial score (nSPS) is 14.3. The zero-order chi connectivity index (χ0) is 22.8. The number of nitrogens with one attached hydrogen (secondary N) is 3. The summed E-state index contributed by atoms with van der Waals surface area (Å²) in [6, 6.07) is 2.71. The van der Waals surface area contributed by atoms with Crippen molar-refractivity contribution in [1.29, 1.82) is 0 Å². The van der Waals surface area contributed by atoms with E-state index in [1.54, 1.807) is 19.3 Å². The van der Waals surface area contributed by atoms with Crippen LogP contribution < -0.4 is 20.9 Å². The Kier molecular flexibility index (Phi) is 8.71. The molecule has 170 valence electrons. The molecule has 3 rings (SSSR count). The number of carbonyl (C=O) groups is 1. The second kappa shape index (κ2) is 11.9. The van der Waals surface area contributed by atoms with Gasteiger partial charge < -0.3 is 25.6 Å². The van der Waals surface area contributed by atoms with E-state index < -0.39 is 5.95 Å². The smallest absolute Gasteiger partial charge is 0.236 e. The van der Waals surface area contributed by atoms with Crippen LogP contribution in [0.15, 0.2) is 24.5 Å². The first kappa shape index (κ1) is 23.4. The van der Waals surface area contributed by atoms with Gasteiger partial charge in [0.1, 0.15) is 5.82 Å². The van der Waals surface area contributed by atoms with Crippen LogP contribution in [0.4, 0.5) is 21.8 Å². The average molecular weight is 442 g/mol. The van der Waals surface area contributed by atoms with E-state index in [0.29, 0.717) is 62.3 Å². The summed E-state index contributed by atoms with van der Waals surface area (Å²) in [5, 5.41) is 8.78. The van der Waals surface area contributed by atoms with Gasteiger partial charge in [0.2, 0.25) is 17.8 Å². The number of rotatable bonds is 8. The molecule has 2 aromatic heterocycles. The number of halogens is 1. The number of morpholine rings is 1. The molecule has 0 unspecified atom stereocenters. The lowest BCUT2D eigenvalue weighted by Crippen LogP contribution is -2.40. The van der Waals surface area contributed by atoms with Gasteiger partial charge in [0.25, 0.3) is 0 Å². The first-order valence-electron chi connectivity index (χ1n) is 10.6. The van der Waals surface area contributed by atoms with Gasteiger partial charge in [-0.25, -0.2) is 9.97 Å². The van der Waals surface area contributed by atoms with Gasteiger partial charge in [0.05, 0.1) is 31.0 Å². The van der Waals surface area contributed by atoms with Crippen molar-refractivity contribution < 1.29 is 13.9 Å². The van der Waals surface area contributed by atoms with Crippen LogP contribution in [0.5, 0.6) is 0 Å². The highest BCUT2D eigenvalue weighted by molar-refractivity contribution is 5.81. The molecule has 0 aromatic carbocycles. The van der Waals surface area contributed by atoms with Gasteiger partial charge in [-0.1, -0.05) is 11.8 Å². The van der Waals surface area contributed by atoms with Crippen LogP contribution in [-0.4, -0.2) is 66.8 Å². The predicted molar refractivity (Wildman–Crippen MR) is 120 cm³/mol. The number of pyridine rings is 1. The maximum Gasteiger partial charge on any atom is 0.236 e. The first-order chi connectivity index (χ1) is 15.6. The number of hydrogen-bond donors (Lipinski definition) is 3. The first-order valence-corrected chi connectivity index (χ1v) is 10.6. The summed E-state index contributed by atoms with van der Waals surface area (Å²) in [5.41, 5.74) is 1.23. The van der Waals surface area contributed by atoms with E-state index in [1.807, 2.05) is 6.92 Å². The molecule has 1 fully saturated rings. The van der Waals surface area contributed by atoms with Crippen LogP contribution in [0.25, 0.3) is 0 Å². The minimum absolute atomic E-state index is 0.0272. The summed E-state index contributed by atoms with van der Waals surface area (Å²) < 4.78 is 18.8. The van der Waals surface area contributed by atoms with Crippen molar-refractivity contribution in [1.82, 2.24) is 25.6 Å². The SMILES string of the molecule is CN[C@@H](C)C(=O)NCCCC#Cc1cnc(Nc2ccnc(F)c2)nc1N1CCOCC1. The summed E-state index contributed by atoms with van der Waals surface area (Å²) in [7, 11) is 1.75. The fraction of sp³-hybridized carbons (Fsp3) is 0.455. The number of ether oxygens (including phenoxy) is 1. The van der Waals surface area contributed by atoms with Gasteiger partial charge in [-0.2, -0.15) is 9.37 Å². The molecule has 1 atom stereocenters. The molecule has 1 aliphatic rings. The van der Waals surface area contributed by atoms with Crippen molar-refractivity contribution in [3.8, 4) is 11.8 Å². The number of aromatic nitrogens is 3. The number of likely N-dealkylation sites (N-methyl/N-ethyl adjacent to an activating group) is 1. The molecule has 10 heteroatoms. The maximum atomic E-state index is 13.4. The molecular weight excluding hydrogens is 413 g/mol. The molecule has 0 aliphatic carbocycles. The van der Waals surface area contributed by atoms with Gasteiger partial charge in [-0.3, -0.25) is 4.79 Å². The summed E-state index contributed by atoms with van der Waals surface area (Å²) in [5.74, 6) is 6.75. The van der Waals surface area contributed by atoms with E-state index in [-0.39, 0.29) is 11.9 Å². The summed E-state index contributed by atoms with van der Waals surface area (Å²) in [4.78, 5) is 26.4. The molecule has 9 nitrogen and oxygen atoms in total. The zero-order valence-electron chi connectivity index (χ0n) is 18.3. The van der Waals surface area contributed by atoms with Gasteiger partial charge in [0, 0.05) is 44.0 Å². The van der Waals surface area contributed by atoms with Crippen molar-refractivity contribution in [3.05, 3.63) is 36.0 Å². The van der Waals surface area contributed by atoms with E-state index in [0.717, 1.165) is 6.42 Å². The highest BCUT2D eigenvalue weighted by Crippen LogP contribution is 2.21. The Morgan fingerprint density at radius 3 is 2.91 bits per heavy atom. The van der Waals surface area contributed by atoms with E-state index in [4.69, 9.17) is 4.74 Å².